The van der Waals surface area contributed by atoms with E-state index in [0.29, 0.717) is 5.89 Å². The summed E-state index contributed by atoms with van der Waals surface area (Å²) in [4.78, 5) is 0.258. The van der Waals surface area contributed by atoms with Gasteiger partial charge in [-0.05, 0) is 32.1 Å². The van der Waals surface area contributed by atoms with Crippen LogP contribution in [0.3, 0.4) is 0 Å². The molecule has 0 saturated carbocycles. The molecule has 0 bridgehead atoms. The lowest BCUT2D eigenvalue weighted by molar-refractivity contribution is 0.551. The zero-order valence-electron chi connectivity index (χ0n) is 7.74. The highest BCUT2D eigenvalue weighted by Crippen LogP contribution is 2.19. The molecule has 0 fully saturated rings. The van der Waals surface area contributed by atoms with Gasteiger partial charge in [-0.25, -0.2) is 5.10 Å². The van der Waals surface area contributed by atoms with Crippen LogP contribution >= 0.6 is 12.2 Å². The summed E-state index contributed by atoms with van der Waals surface area (Å²) in [7, 11) is 0. The molecule has 0 aliphatic carbocycles. The summed E-state index contributed by atoms with van der Waals surface area (Å²) in [5.74, 6) is 0.450. The zero-order chi connectivity index (χ0) is 10.1. The molecule has 0 aromatic carbocycles. The molecular weight excluding hydrogens is 200 g/mol. The van der Waals surface area contributed by atoms with Crippen molar-refractivity contribution in [2.45, 2.75) is 13.8 Å². The summed E-state index contributed by atoms with van der Waals surface area (Å²) in [6.07, 6.45) is 0. The van der Waals surface area contributed by atoms with Crippen LogP contribution in [0.25, 0.3) is 11.5 Å². The minimum absolute atomic E-state index is 0.258. The number of hydrogen-bond donors (Lipinski definition) is 1. The van der Waals surface area contributed by atoms with Crippen LogP contribution in [0.1, 0.15) is 11.4 Å². The van der Waals surface area contributed by atoms with Gasteiger partial charge in [0.2, 0.25) is 5.89 Å². The number of aromatic amines is 1. The third kappa shape index (κ3) is 1.56. The highest BCUT2D eigenvalue weighted by atomic mass is 32.1. The molecule has 6 heteroatoms. The number of aryl methyl sites for hydroxylation is 2. The van der Waals surface area contributed by atoms with Gasteiger partial charge >= 0.3 is 0 Å². The molecule has 0 radical (unpaired) electrons. The molecular formula is C8H8N4OS. The quantitative estimate of drug-likeness (QED) is 0.724. The fourth-order valence-electron chi connectivity index (χ4n) is 1.11. The van der Waals surface area contributed by atoms with Crippen LogP contribution in [-0.4, -0.2) is 20.4 Å². The summed E-state index contributed by atoms with van der Waals surface area (Å²) in [5.41, 5.74) is 2.39. The molecule has 2 heterocycles. The van der Waals surface area contributed by atoms with Gasteiger partial charge in [-0.2, -0.15) is 10.2 Å². The summed E-state index contributed by atoms with van der Waals surface area (Å²) in [5, 5.41) is 14.4. The number of nitrogens with one attached hydrogen (secondary N) is 1. The van der Waals surface area contributed by atoms with Crippen LogP contribution in [0.5, 0.6) is 0 Å². The second kappa shape index (κ2) is 3.30. The second-order valence-electron chi connectivity index (χ2n) is 2.90. The first-order chi connectivity index (χ1) is 6.66. The van der Waals surface area contributed by atoms with Crippen LogP contribution in [0.15, 0.2) is 10.5 Å². The van der Waals surface area contributed by atoms with E-state index in [9.17, 15) is 0 Å². The number of aromatic nitrogens is 4. The topological polar surface area (TPSA) is 67.6 Å². The maximum Gasteiger partial charge on any atom is 0.284 e. The number of hydrogen-bond acceptors (Lipinski definition) is 5. The van der Waals surface area contributed by atoms with E-state index < -0.39 is 0 Å². The van der Waals surface area contributed by atoms with Crippen molar-refractivity contribution < 1.29 is 4.42 Å². The first-order valence-corrected chi connectivity index (χ1v) is 4.44. The van der Waals surface area contributed by atoms with Crippen molar-refractivity contribution in [3.63, 3.8) is 0 Å². The molecule has 14 heavy (non-hydrogen) atoms. The minimum atomic E-state index is 0.258. The Bertz CT molecular complexity index is 516. The lowest BCUT2D eigenvalue weighted by Crippen LogP contribution is -1.93. The molecule has 72 valence electrons. The third-order valence-corrected chi connectivity index (χ3v) is 1.94. The van der Waals surface area contributed by atoms with Gasteiger partial charge in [0.1, 0.15) is 0 Å². The van der Waals surface area contributed by atoms with E-state index in [1.807, 2.05) is 19.9 Å². The molecule has 2 rings (SSSR count). The highest BCUT2D eigenvalue weighted by Gasteiger charge is 2.09. The van der Waals surface area contributed by atoms with E-state index in [2.05, 4.69) is 20.4 Å². The van der Waals surface area contributed by atoms with Crippen LogP contribution < -0.4 is 0 Å². The summed E-state index contributed by atoms with van der Waals surface area (Å²) in [6.45, 7) is 3.70. The van der Waals surface area contributed by atoms with Gasteiger partial charge < -0.3 is 4.42 Å². The van der Waals surface area contributed by atoms with Crippen LogP contribution in [-0.2, 0) is 0 Å². The summed E-state index contributed by atoms with van der Waals surface area (Å²) >= 11 is 4.79. The van der Waals surface area contributed by atoms with Crippen molar-refractivity contribution in [1.82, 2.24) is 20.4 Å². The molecule has 0 amide bonds. The third-order valence-electron chi connectivity index (χ3n) is 1.77. The Hall–Kier alpha value is -1.56. The van der Waals surface area contributed by atoms with Crippen LogP contribution in [0.4, 0.5) is 0 Å². The smallest absolute Gasteiger partial charge is 0.284 e. The predicted octanol–water partition coefficient (Wildman–Crippen LogP) is 1.81. The van der Waals surface area contributed by atoms with Crippen molar-refractivity contribution in [2.75, 3.05) is 0 Å². The van der Waals surface area contributed by atoms with Gasteiger partial charge in [0, 0.05) is 0 Å². The number of H-pyrrole nitrogens is 1. The summed E-state index contributed by atoms with van der Waals surface area (Å²) < 4.78 is 5.19. The average Bonchev–Trinajstić information content (AvgIpc) is 2.56. The number of nitrogens with zero attached hydrogens (tertiary/aromatic N) is 3. The molecule has 1 N–H and O–H groups in total. The van der Waals surface area contributed by atoms with Crippen molar-refractivity contribution in [1.29, 1.82) is 0 Å². The average molecular weight is 208 g/mol. The highest BCUT2D eigenvalue weighted by molar-refractivity contribution is 7.71. The Morgan fingerprint density at radius 1 is 1.36 bits per heavy atom. The first-order valence-electron chi connectivity index (χ1n) is 4.03. The largest absolute Gasteiger partial charge is 0.409 e. The maximum atomic E-state index is 5.19. The number of rotatable bonds is 1. The van der Waals surface area contributed by atoms with E-state index in [-0.39, 0.29) is 4.84 Å². The Kier molecular flexibility index (Phi) is 2.12. The van der Waals surface area contributed by atoms with Crippen LogP contribution in [0.2, 0.25) is 0 Å². The standard InChI is InChI=1S/C8H8N4OS/c1-4-3-6(5(2)10-9-4)7-11-12-8(14)13-7/h3H,1-2H3,(H,12,14). The lowest BCUT2D eigenvalue weighted by Gasteiger charge is -1.98. The molecule has 2 aromatic rings. The van der Waals surface area contributed by atoms with Crippen molar-refractivity contribution in [3.05, 3.63) is 22.3 Å². The van der Waals surface area contributed by atoms with E-state index in [1.54, 1.807) is 0 Å². The van der Waals surface area contributed by atoms with Gasteiger partial charge in [0.15, 0.2) is 0 Å². The van der Waals surface area contributed by atoms with Gasteiger partial charge in [-0.15, -0.1) is 5.10 Å². The monoisotopic (exact) mass is 208 g/mol. The van der Waals surface area contributed by atoms with Gasteiger partial charge in [0.05, 0.1) is 17.0 Å². The van der Waals surface area contributed by atoms with Crippen LogP contribution in [0, 0.1) is 18.7 Å². The molecule has 0 atom stereocenters. The fraction of sp³-hybridized carbons (Fsp3) is 0.250. The Labute approximate surface area is 85.2 Å². The van der Waals surface area contributed by atoms with Crippen molar-refractivity contribution in [2.24, 2.45) is 0 Å². The molecule has 0 aliphatic rings. The minimum Gasteiger partial charge on any atom is -0.409 e. The Morgan fingerprint density at radius 2 is 2.14 bits per heavy atom. The lowest BCUT2D eigenvalue weighted by atomic mass is 10.2. The molecule has 0 saturated heterocycles. The van der Waals surface area contributed by atoms with E-state index in [4.69, 9.17) is 16.6 Å². The van der Waals surface area contributed by atoms with Gasteiger partial charge in [0.25, 0.3) is 4.84 Å². The molecule has 0 unspecified atom stereocenters. The van der Waals surface area contributed by atoms with Gasteiger partial charge in [-0.1, -0.05) is 0 Å². The van der Waals surface area contributed by atoms with E-state index in [1.165, 1.54) is 0 Å². The van der Waals surface area contributed by atoms with E-state index >= 15 is 0 Å². The predicted molar refractivity (Wildman–Crippen MR) is 52.2 cm³/mol. The molecule has 0 aliphatic heterocycles. The zero-order valence-corrected chi connectivity index (χ0v) is 8.55. The molecule has 2 aromatic heterocycles. The molecule has 0 spiro atoms. The summed E-state index contributed by atoms with van der Waals surface area (Å²) in [6, 6.07) is 1.86. The fourth-order valence-corrected chi connectivity index (χ4v) is 1.24. The first kappa shape index (κ1) is 9.01. The van der Waals surface area contributed by atoms with Crippen molar-refractivity contribution in [3.8, 4) is 11.5 Å². The van der Waals surface area contributed by atoms with Crippen molar-refractivity contribution >= 4 is 12.2 Å². The van der Waals surface area contributed by atoms with E-state index in [0.717, 1.165) is 17.0 Å². The normalized spacial score (nSPS) is 10.4. The molecule has 5 nitrogen and oxygen atoms in total. The maximum absolute atomic E-state index is 5.19. The Balaban J connectivity index is 2.61. The Morgan fingerprint density at radius 3 is 2.79 bits per heavy atom. The SMILES string of the molecule is Cc1cc(-c2n[nH]c(=S)o2)c(C)nn1. The second-order valence-corrected chi connectivity index (χ2v) is 3.27. The van der Waals surface area contributed by atoms with Gasteiger partial charge in [-0.3, -0.25) is 0 Å².